The molecule has 2 atom stereocenters. The van der Waals surface area contributed by atoms with Crippen LogP contribution in [0.3, 0.4) is 0 Å². The molecule has 1 aromatic heterocycles. The van der Waals surface area contributed by atoms with Crippen LogP contribution in [-0.4, -0.2) is 39.2 Å². The van der Waals surface area contributed by atoms with Gasteiger partial charge in [0, 0.05) is 37.5 Å². The number of aromatic nitrogens is 1. The Morgan fingerprint density at radius 1 is 1.48 bits per heavy atom. The van der Waals surface area contributed by atoms with Gasteiger partial charge in [-0.25, -0.2) is 13.1 Å². The van der Waals surface area contributed by atoms with E-state index in [0.29, 0.717) is 18.7 Å². The Labute approximate surface area is 126 Å². The minimum absolute atomic E-state index is 0.0906. The first-order chi connectivity index (χ1) is 9.82. The van der Waals surface area contributed by atoms with Gasteiger partial charge >= 0.3 is 0 Å². The first kappa shape index (κ1) is 16.2. The Balaban J connectivity index is 2.16. The third-order valence-electron chi connectivity index (χ3n) is 4.19. The normalized spacial score (nSPS) is 24.4. The summed E-state index contributed by atoms with van der Waals surface area (Å²) < 4.78 is 33.5. The molecule has 1 saturated carbocycles. The molecular weight excluding hydrogens is 290 g/mol. The summed E-state index contributed by atoms with van der Waals surface area (Å²) in [6, 6.07) is 1.51. The first-order valence-corrected chi connectivity index (χ1v) is 8.57. The third-order valence-corrected chi connectivity index (χ3v) is 5.69. The van der Waals surface area contributed by atoms with Gasteiger partial charge in [0.2, 0.25) is 10.0 Å². The fourth-order valence-corrected chi connectivity index (χ4v) is 4.18. The fourth-order valence-electron chi connectivity index (χ4n) is 2.62. The summed E-state index contributed by atoms with van der Waals surface area (Å²) in [5, 5.41) is 2.88. The van der Waals surface area contributed by atoms with Gasteiger partial charge in [-0.05, 0) is 19.4 Å². The number of hydrogen-bond acceptors (Lipinski definition) is 5. The van der Waals surface area contributed by atoms with E-state index in [4.69, 9.17) is 4.74 Å². The molecule has 1 aromatic rings. The SMILES string of the molecule is CCOC1CC(NS(=O)(=O)c2cnccc2NC)C1(C)C. The smallest absolute Gasteiger partial charge is 0.244 e. The molecule has 7 heteroatoms. The van der Waals surface area contributed by atoms with Crippen molar-refractivity contribution in [1.29, 1.82) is 0 Å². The third kappa shape index (κ3) is 3.04. The van der Waals surface area contributed by atoms with Crippen LogP contribution in [0, 0.1) is 5.41 Å². The quantitative estimate of drug-likeness (QED) is 0.834. The highest BCUT2D eigenvalue weighted by molar-refractivity contribution is 7.89. The highest BCUT2D eigenvalue weighted by atomic mass is 32.2. The van der Waals surface area contributed by atoms with Crippen molar-refractivity contribution < 1.29 is 13.2 Å². The Morgan fingerprint density at radius 2 is 2.19 bits per heavy atom. The first-order valence-electron chi connectivity index (χ1n) is 7.08. The zero-order valence-electron chi connectivity index (χ0n) is 12.9. The molecule has 1 aliphatic carbocycles. The summed E-state index contributed by atoms with van der Waals surface area (Å²) in [6.07, 6.45) is 3.70. The molecule has 118 valence electrons. The minimum Gasteiger partial charge on any atom is -0.387 e. The highest BCUT2D eigenvalue weighted by Gasteiger charge is 2.50. The van der Waals surface area contributed by atoms with Crippen LogP contribution in [0.2, 0.25) is 0 Å². The van der Waals surface area contributed by atoms with E-state index in [9.17, 15) is 8.42 Å². The van der Waals surface area contributed by atoms with E-state index < -0.39 is 10.0 Å². The van der Waals surface area contributed by atoms with Crippen LogP contribution in [0.1, 0.15) is 27.2 Å². The predicted octanol–water partition coefficient (Wildman–Crippen LogP) is 1.61. The maximum absolute atomic E-state index is 12.5. The molecule has 2 unspecified atom stereocenters. The van der Waals surface area contributed by atoms with Crippen LogP contribution in [0.15, 0.2) is 23.4 Å². The van der Waals surface area contributed by atoms with Crippen LogP contribution in [0.5, 0.6) is 0 Å². The Kier molecular flexibility index (Phi) is 4.55. The van der Waals surface area contributed by atoms with E-state index in [2.05, 4.69) is 15.0 Å². The fraction of sp³-hybridized carbons (Fsp3) is 0.643. The lowest BCUT2D eigenvalue weighted by Crippen LogP contribution is -2.61. The number of nitrogens with one attached hydrogen (secondary N) is 2. The second kappa shape index (κ2) is 5.90. The monoisotopic (exact) mass is 313 g/mol. The van der Waals surface area contributed by atoms with Crippen molar-refractivity contribution in [3.63, 3.8) is 0 Å². The molecule has 6 nitrogen and oxygen atoms in total. The molecule has 0 amide bonds. The maximum atomic E-state index is 12.5. The lowest BCUT2D eigenvalue weighted by Gasteiger charge is -2.51. The lowest BCUT2D eigenvalue weighted by molar-refractivity contribution is -0.108. The number of nitrogens with zero attached hydrogens (tertiary/aromatic N) is 1. The molecule has 2 N–H and O–H groups in total. The van der Waals surface area contributed by atoms with E-state index in [1.165, 1.54) is 6.20 Å². The number of sulfonamides is 1. The van der Waals surface area contributed by atoms with Gasteiger partial charge in [0.1, 0.15) is 4.90 Å². The average Bonchev–Trinajstić information content (AvgIpc) is 2.46. The van der Waals surface area contributed by atoms with Gasteiger partial charge in [-0.2, -0.15) is 0 Å². The van der Waals surface area contributed by atoms with Crippen molar-refractivity contribution in [2.75, 3.05) is 19.0 Å². The zero-order valence-corrected chi connectivity index (χ0v) is 13.7. The van der Waals surface area contributed by atoms with Gasteiger partial charge in [0.25, 0.3) is 0 Å². The van der Waals surface area contributed by atoms with Crippen molar-refractivity contribution in [3.8, 4) is 0 Å². The standard InChI is InChI=1S/C14H23N3O3S/c1-5-20-13-8-12(14(13,2)3)17-21(18,19)11-9-16-7-6-10(11)15-4/h6-7,9,12-13,17H,5,8H2,1-4H3,(H,15,16). The lowest BCUT2D eigenvalue weighted by atomic mass is 9.65. The van der Waals surface area contributed by atoms with Gasteiger partial charge in [0.05, 0.1) is 11.8 Å². The van der Waals surface area contributed by atoms with E-state index in [0.717, 1.165) is 0 Å². The molecular formula is C14H23N3O3S. The topological polar surface area (TPSA) is 80.3 Å². The Hall–Kier alpha value is -1.18. The summed E-state index contributed by atoms with van der Waals surface area (Å²) in [4.78, 5) is 4.08. The summed E-state index contributed by atoms with van der Waals surface area (Å²) in [6.45, 7) is 6.63. The molecule has 1 aliphatic rings. The highest BCUT2D eigenvalue weighted by Crippen LogP contribution is 2.43. The summed E-state index contributed by atoms with van der Waals surface area (Å²) in [5.74, 6) is 0. The summed E-state index contributed by atoms with van der Waals surface area (Å²) in [5.41, 5.74) is 0.321. The van der Waals surface area contributed by atoms with Crippen molar-refractivity contribution in [1.82, 2.24) is 9.71 Å². The van der Waals surface area contributed by atoms with E-state index >= 15 is 0 Å². The summed E-state index contributed by atoms with van der Waals surface area (Å²) >= 11 is 0. The Morgan fingerprint density at radius 3 is 2.76 bits per heavy atom. The maximum Gasteiger partial charge on any atom is 0.244 e. The number of pyridine rings is 1. The Bertz CT molecular complexity index is 601. The van der Waals surface area contributed by atoms with E-state index in [-0.39, 0.29) is 22.5 Å². The molecule has 0 saturated heterocycles. The molecule has 1 heterocycles. The van der Waals surface area contributed by atoms with Gasteiger partial charge in [-0.1, -0.05) is 13.8 Å². The molecule has 1 fully saturated rings. The number of rotatable bonds is 6. The average molecular weight is 313 g/mol. The number of anilines is 1. The molecule has 0 aliphatic heterocycles. The summed E-state index contributed by atoms with van der Waals surface area (Å²) in [7, 11) is -1.92. The van der Waals surface area contributed by atoms with Gasteiger partial charge in [-0.15, -0.1) is 0 Å². The molecule has 21 heavy (non-hydrogen) atoms. The van der Waals surface area contributed by atoms with Crippen LogP contribution >= 0.6 is 0 Å². The van der Waals surface area contributed by atoms with Gasteiger partial charge < -0.3 is 10.1 Å². The van der Waals surface area contributed by atoms with E-state index in [1.807, 2.05) is 20.8 Å². The minimum atomic E-state index is -3.60. The van der Waals surface area contributed by atoms with Crippen molar-refractivity contribution in [3.05, 3.63) is 18.5 Å². The second-order valence-corrected chi connectivity index (χ2v) is 7.48. The van der Waals surface area contributed by atoms with Crippen LogP contribution < -0.4 is 10.0 Å². The number of ether oxygens (including phenoxy) is 1. The van der Waals surface area contributed by atoms with Gasteiger partial charge in [-0.3, -0.25) is 4.98 Å². The second-order valence-electron chi connectivity index (χ2n) is 5.80. The van der Waals surface area contributed by atoms with Crippen molar-refractivity contribution in [2.24, 2.45) is 5.41 Å². The van der Waals surface area contributed by atoms with Crippen molar-refractivity contribution >= 4 is 15.7 Å². The van der Waals surface area contributed by atoms with Gasteiger partial charge in [0.15, 0.2) is 0 Å². The largest absolute Gasteiger partial charge is 0.387 e. The molecule has 0 radical (unpaired) electrons. The van der Waals surface area contributed by atoms with Crippen LogP contribution in [-0.2, 0) is 14.8 Å². The molecule has 0 aromatic carbocycles. The van der Waals surface area contributed by atoms with E-state index in [1.54, 1.807) is 19.3 Å². The number of hydrogen-bond donors (Lipinski definition) is 2. The van der Waals surface area contributed by atoms with Crippen molar-refractivity contribution in [2.45, 2.75) is 44.2 Å². The molecule has 0 bridgehead atoms. The van der Waals surface area contributed by atoms with Crippen LogP contribution in [0.25, 0.3) is 0 Å². The van der Waals surface area contributed by atoms with Crippen LogP contribution in [0.4, 0.5) is 5.69 Å². The predicted molar refractivity (Wildman–Crippen MR) is 81.7 cm³/mol. The molecule has 0 spiro atoms. The zero-order chi connectivity index (χ0) is 15.7. The molecule has 2 rings (SSSR count).